The molecule has 0 saturated carbocycles. The average Bonchev–Trinajstić information content (AvgIpc) is 2.55. The molecule has 23 heavy (non-hydrogen) atoms. The monoisotopic (exact) mass is 428 g/mol. The van der Waals surface area contributed by atoms with Crippen molar-refractivity contribution in [2.75, 3.05) is 0 Å². The van der Waals surface area contributed by atoms with Crippen molar-refractivity contribution in [1.29, 1.82) is 0 Å². The molecule has 0 aromatic heterocycles. The van der Waals surface area contributed by atoms with Gasteiger partial charge in [0.05, 0.1) is 0 Å². The van der Waals surface area contributed by atoms with Crippen LogP contribution in [0.25, 0.3) is 0 Å². The van der Waals surface area contributed by atoms with Gasteiger partial charge in [0.2, 0.25) is 0 Å². The Morgan fingerprint density at radius 1 is 1.04 bits per heavy atom. The number of amides is 2. The van der Waals surface area contributed by atoms with E-state index in [1.54, 1.807) is 24.3 Å². The molecule has 120 valence electrons. The minimum absolute atomic E-state index is 0.359. The number of carbonyl (C=O) groups is 2. The predicted molar refractivity (Wildman–Crippen MR) is 91.3 cm³/mol. The van der Waals surface area contributed by atoms with Crippen LogP contribution >= 0.6 is 22.6 Å². The molecule has 2 N–H and O–H groups in total. The molecule has 1 atom stereocenters. The molecule has 5 nitrogen and oxygen atoms in total. The van der Waals surface area contributed by atoms with Crippen LogP contribution < -0.4 is 15.6 Å². The van der Waals surface area contributed by atoms with E-state index < -0.39 is 17.9 Å². The first-order valence-corrected chi connectivity index (χ1v) is 7.81. The maximum atomic E-state index is 12.8. The molecule has 0 fully saturated rings. The fraction of sp³-hybridized carbons (Fsp3) is 0.125. The van der Waals surface area contributed by atoms with Crippen molar-refractivity contribution >= 4 is 34.4 Å². The summed E-state index contributed by atoms with van der Waals surface area (Å²) < 4.78 is 19.2. The van der Waals surface area contributed by atoms with E-state index in [2.05, 4.69) is 33.4 Å². The smallest absolute Gasteiger partial charge is 0.279 e. The summed E-state index contributed by atoms with van der Waals surface area (Å²) in [5.74, 6) is -0.978. The van der Waals surface area contributed by atoms with Gasteiger partial charge in [0.1, 0.15) is 11.6 Å². The number of hydrogen-bond donors (Lipinski definition) is 2. The Morgan fingerprint density at radius 3 is 2.26 bits per heavy atom. The Balaban J connectivity index is 1.84. The fourth-order valence-corrected chi connectivity index (χ4v) is 2.02. The first-order valence-electron chi connectivity index (χ1n) is 6.73. The van der Waals surface area contributed by atoms with E-state index in [1.165, 1.54) is 31.2 Å². The minimum atomic E-state index is -0.850. The first kappa shape index (κ1) is 17.2. The highest BCUT2D eigenvalue weighted by Crippen LogP contribution is 2.13. The first-order chi connectivity index (χ1) is 11.0. The number of halogens is 2. The lowest BCUT2D eigenvalue weighted by Crippen LogP contribution is -2.47. The maximum absolute atomic E-state index is 12.8. The van der Waals surface area contributed by atoms with Gasteiger partial charge in [-0.1, -0.05) is 0 Å². The number of hydrogen-bond acceptors (Lipinski definition) is 3. The SMILES string of the molecule is CC(Oc1ccc(F)cc1)C(=O)NNC(=O)c1ccc(I)cc1. The number of benzene rings is 2. The number of hydrazine groups is 1. The van der Waals surface area contributed by atoms with E-state index in [0.29, 0.717) is 11.3 Å². The van der Waals surface area contributed by atoms with Crippen LogP contribution in [0.5, 0.6) is 5.75 Å². The predicted octanol–water partition coefficient (Wildman–Crippen LogP) is 2.66. The van der Waals surface area contributed by atoms with Gasteiger partial charge < -0.3 is 4.74 Å². The topological polar surface area (TPSA) is 67.4 Å². The third kappa shape index (κ3) is 5.20. The zero-order valence-corrected chi connectivity index (χ0v) is 14.3. The van der Waals surface area contributed by atoms with Crippen molar-refractivity contribution in [3.63, 3.8) is 0 Å². The van der Waals surface area contributed by atoms with Crippen molar-refractivity contribution in [2.45, 2.75) is 13.0 Å². The van der Waals surface area contributed by atoms with Gasteiger partial charge in [-0.25, -0.2) is 4.39 Å². The summed E-state index contributed by atoms with van der Waals surface area (Å²) in [6.45, 7) is 1.52. The fourth-order valence-electron chi connectivity index (χ4n) is 1.66. The van der Waals surface area contributed by atoms with Gasteiger partial charge in [0.25, 0.3) is 11.8 Å². The summed E-state index contributed by atoms with van der Waals surface area (Å²) >= 11 is 2.13. The molecule has 1 unspecified atom stereocenters. The second-order valence-electron chi connectivity index (χ2n) is 4.66. The van der Waals surface area contributed by atoms with Gasteiger partial charge in [-0.05, 0) is 78.0 Å². The van der Waals surface area contributed by atoms with E-state index >= 15 is 0 Å². The Morgan fingerprint density at radius 2 is 1.65 bits per heavy atom. The average molecular weight is 428 g/mol. The largest absolute Gasteiger partial charge is 0.481 e. The lowest BCUT2D eigenvalue weighted by Gasteiger charge is -2.15. The van der Waals surface area contributed by atoms with Crippen LogP contribution in [0, 0.1) is 9.39 Å². The highest BCUT2D eigenvalue weighted by Gasteiger charge is 2.15. The number of rotatable bonds is 4. The lowest BCUT2D eigenvalue weighted by atomic mass is 10.2. The van der Waals surface area contributed by atoms with Gasteiger partial charge in [0, 0.05) is 9.13 Å². The molecule has 0 spiro atoms. The molecule has 0 bridgehead atoms. The number of nitrogens with one attached hydrogen (secondary N) is 2. The second-order valence-corrected chi connectivity index (χ2v) is 5.91. The molecule has 0 aliphatic rings. The summed E-state index contributed by atoms with van der Waals surface area (Å²) in [5, 5.41) is 0. The second kappa shape index (κ2) is 7.91. The lowest BCUT2D eigenvalue weighted by molar-refractivity contribution is -0.128. The molecule has 0 aliphatic carbocycles. The molecule has 2 aromatic rings. The summed E-state index contributed by atoms with van der Waals surface area (Å²) in [4.78, 5) is 23.7. The molecule has 0 radical (unpaired) electrons. The zero-order valence-electron chi connectivity index (χ0n) is 12.2. The van der Waals surface area contributed by atoms with E-state index in [1.807, 2.05) is 0 Å². The summed E-state index contributed by atoms with van der Waals surface area (Å²) in [7, 11) is 0. The molecule has 2 amide bonds. The van der Waals surface area contributed by atoms with Crippen LogP contribution in [0.15, 0.2) is 48.5 Å². The van der Waals surface area contributed by atoms with Crippen LogP contribution in [-0.4, -0.2) is 17.9 Å². The minimum Gasteiger partial charge on any atom is -0.481 e. The number of ether oxygens (including phenoxy) is 1. The van der Waals surface area contributed by atoms with Crippen LogP contribution in [0.3, 0.4) is 0 Å². The molecule has 7 heteroatoms. The van der Waals surface area contributed by atoms with Crippen molar-refractivity contribution in [1.82, 2.24) is 10.9 Å². The highest BCUT2D eigenvalue weighted by molar-refractivity contribution is 14.1. The quantitative estimate of drug-likeness (QED) is 0.582. The van der Waals surface area contributed by atoms with Gasteiger partial charge in [-0.15, -0.1) is 0 Å². The van der Waals surface area contributed by atoms with E-state index in [4.69, 9.17) is 4.74 Å². The molecule has 2 aromatic carbocycles. The molecule has 2 rings (SSSR count). The Bertz CT molecular complexity index is 689. The van der Waals surface area contributed by atoms with Gasteiger partial charge in [0.15, 0.2) is 6.10 Å². The Kier molecular flexibility index (Phi) is 5.91. The zero-order chi connectivity index (χ0) is 16.8. The molecular formula is C16H14FIN2O3. The molecule has 0 saturated heterocycles. The molecule has 0 heterocycles. The van der Waals surface area contributed by atoms with Crippen molar-refractivity contribution < 1.29 is 18.7 Å². The van der Waals surface area contributed by atoms with Crippen LogP contribution in [0.1, 0.15) is 17.3 Å². The summed E-state index contributed by atoms with van der Waals surface area (Å²) in [6, 6.07) is 12.2. The van der Waals surface area contributed by atoms with E-state index in [9.17, 15) is 14.0 Å². The maximum Gasteiger partial charge on any atom is 0.279 e. The van der Waals surface area contributed by atoms with Gasteiger partial charge >= 0.3 is 0 Å². The third-order valence-corrected chi connectivity index (χ3v) is 3.62. The Hall–Kier alpha value is -2.16. The number of carbonyl (C=O) groups excluding carboxylic acids is 2. The standard InChI is InChI=1S/C16H14FIN2O3/c1-10(23-14-8-4-12(17)5-9-14)15(21)19-20-16(22)11-2-6-13(18)7-3-11/h2-10H,1H3,(H,19,21)(H,20,22). The van der Waals surface area contributed by atoms with Crippen LogP contribution in [0.2, 0.25) is 0 Å². The Labute approximate surface area is 146 Å². The summed E-state index contributed by atoms with van der Waals surface area (Å²) in [5.41, 5.74) is 5.03. The van der Waals surface area contributed by atoms with Gasteiger partial charge in [-0.2, -0.15) is 0 Å². The summed E-state index contributed by atoms with van der Waals surface area (Å²) in [6.07, 6.45) is -0.850. The normalized spacial score (nSPS) is 11.4. The van der Waals surface area contributed by atoms with E-state index in [0.717, 1.165) is 3.57 Å². The highest BCUT2D eigenvalue weighted by atomic mass is 127. The van der Waals surface area contributed by atoms with Crippen molar-refractivity contribution in [2.24, 2.45) is 0 Å². The third-order valence-electron chi connectivity index (χ3n) is 2.90. The van der Waals surface area contributed by atoms with Crippen molar-refractivity contribution in [3.8, 4) is 5.75 Å². The molecular weight excluding hydrogens is 414 g/mol. The molecule has 0 aliphatic heterocycles. The van der Waals surface area contributed by atoms with Crippen molar-refractivity contribution in [3.05, 3.63) is 63.5 Å². The van der Waals surface area contributed by atoms with E-state index in [-0.39, 0.29) is 5.82 Å². The van der Waals surface area contributed by atoms with Crippen LogP contribution in [-0.2, 0) is 4.79 Å². The van der Waals surface area contributed by atoms with Crippen LogP contribution in [0.4, 0.5) is 4.39 Å². The van der Waals surface area contributed by atoms with Gasteiger partial charge in [-0.3, -0.25) is 20.4 Å².